The maximum absolute atomic E-state index is 13.1. The zero-order valence-corrected chi connectivity index (χ0v) is 11.7. The second kappa shape index (κ2) is 5.40. The van der Waals surface area contributed by atoms with Crippen LogP contribution in [0.5, 0.6) is 5.75 Å². The lowest BCUT2D eigenvalue weighted by molar-refractivity contribution is 0.102. The molecule has 0 atom stereocenters. The SMILES string of the molecule is Cc1ccc(NC(=O)c2cc(F)ccc2O)cc1Br. The molecule has 0 aliphatic carbocycles. The summed E-state index contributed by atoms with van der Waals surface area (Å²) < 4.78 is 13.9. The van der Waals surface area contributed by atoms with Crippen LogP contribution >= 0.6 is 15.9 Å². The Hall–Kier alpha value is -1.88. The number of benzene rings is 2. The molecule has 19 heavy (non-hydrogen) atoms. The van der Waals surface area contributed by atoms with Crippen molar-refractivity contribution in [3.05, 3.63) is 57.8 Å². The van der Waals surface area contributed by atoms with Gasteiger partial charge in [0.2, 0.25) is 0 Å². The highest BCUT2D eigenvalue weighted by atomic mass is 79.9. The number of carbonyl (C=O) groups excluding carboxylic acids is 1. The highest BCUT2D eigenvalue weighted by Gasteiger charge is 2.12. The fourth-order valence-electron chi connectivity index (χ4n) is 1.56. The summed E-state index contributed by atoms with van der Waals surface area (Å²) >= 11 is 3.36. The van der Waals surface area contributed by atoms with Crippen LogP contribution in [0.1, 0.15) is 15.9 Å². The number of anilines is 1. The smallest absolute Gasteiger partial charge is 0.259 e. The maximum Gasteiger partial charge on any atom is 0.259 e. The van der Waals surface area contributed by atoms with E-state index in [9.17, 15) is 14.3 Å². The molecule has 3 nitrogen and oxygen atoms in total. The van der Waals surface area contributed by atoms with Gasteiger partial charge < -0.3 is 10.4 Å². The number of phenolic OH excluding ortho intramolecular Hbond substituents is 1. The summed E-state index contributed by atoms with van der Waals surface area (Å²) in [5.41, 5.74) is 1.49. The molecule has 2 rings (SSSR count). The van der Waals surface area contributed by atoms with Gasteiger partial charge in [0.25, 0.3) is 5.91 Å². The number of rotatable bonds is 2. The van der Waals surface area contributed by atoms with Gasteiger partial charge in [0.05, 0.1) is 5.56 Å². The predicted molar refractivity (Wildman–Crippen MR) is 74.9 cm³/mol. The molecule has 0 unspecified atom stereocenters. The largest absolute Gasteiger partial charge is 0.507 e. The number of aryl methyl sites for hydroxylation is 1. The van der Waals surface area contributed by atoms with Gasteiger partial charge in [-0.3, -0.25) is 4.79 Å². The van der Waals surface area contributed by atoms with E-state index in [0.29, 0.717) is 5.69 Å². The molecule has 0 spiro atoms. The summed E-state index contributed by atoms with van der Waals surface area (Å²) in [6, 6.07) is 8.54. The van der Waals surface area contributed by atoms with Gasteiger partial charge >= 0.3 is 0 Å². The van der Waals surface area contributed by atoms with E-state index in [1.807, 2.05) is 13.0 Å². The standard InChI is InChI=1S/C14H11BrFNO2/c1-8-2-4-10(7-12(8)15)17-14(19)11-6-9(16)3-5-13(11)18/h2-7,18H,1H3,(H,17,19). The molecule has 98 valence electrons. The Balaban J connectivity index is 2.25. The minimum atomic E-state index is -0.576. The average molecular weight is 324 g/mol. The Morgan fingerprint density at radius 3 is 2.68 bits per heavy atom. The Labute approximate surface area is 118 Å². The number of aromatic hydroxyl groups is 1. The lowest BCUT2D eigenvalue weighted by Gasteiger charge is -2.08. The van der Waals surface area contributed by atoms with Gasteiger partial charge in [-0.05, 0) is 42.8 Å². The van der Waals surface area contributed by atoms with Crippen molar-refractivity contribution in [2.75, 3.05) is 5.32 Å². The van der Waals surface area contributed by atoms with Crippen molar-refractivity contribution in [3.8, 4) is 5.75 Å². The van der Waals surface area contributed by atoms with E-state index >= 15 is 0 Å². The molecule has 0 heterocycles. The van der Waals surface area contributed by atoms with Crippen LogP contribution in [-0.4, -0.2) is 11.0 Å². The van der Waals surface area contributed by atoms with E-state index in [0.717, 1.165) is 28.2 Å². The molecule has 0 aromatic heterocycles. The second-order valence-electron chi connectivity index (χ2n) is 4.08. The van der Waals surface area contributed by atoms with Crippen LogP contribution in [0.15, 0.2) is 40.9 Å². The highest BCUT2D eigenvalue weighted by molar-refractivity contribution is 9.10. The molecule has 0 saturated heterocycles. The summed E-state index contributed by atoms with van der Waals surface area (Å²) in [5.74, 6) is -1.40. The van der Waals surface area contributed by atoms with Crippen LogP contribution in [0.25, 0.3) is 0 Å². The normalized spacial score (nSPS) is 10.3. The van der Waals surface area contributed by atoms with Gasteiger partial charge in [-0.2, -0.15) is 0 Å². The van der Waals surface area contributed by atoms with E-state index in [4.69, 9.17) is 0 Å². The highest BCUT2D eigenvalue weighted by Crippen LogP contribution is 2.23. The van der Waals surface area contributed by atoms with Gasteiger partial charge in [-0.25, -0.2) is 4.39 Å². The fraction of sp³-hybridized carbons (Fsp3) is 0.0714. The molecular formula is C14H11BrFNO2. The van der Waals surface area contributed by atoms with Crippen molar-refractivity contribution < 1.29 is 14.3 Å². The van der Waals surface area contributed by atoms with Gasteiger partial charge in [0.1, 0.15) is 11.6 Å². The summed E-state index contributed by atoms with van der Waals surface area (Å²) in [6.07, 6.45) is 0. The van der Waals surface area contributed by atoms with Gasteiger partial charge in [-0.1, -0.05) is 22.0 Å². The molecule has 0 bridgehead atoms. The first kappa shape index (κ1) is 13.5. The van der Waals surface area contributed by atoms with Gasteiger partial charge in [0.15, 0.2) is 0 Å². The Morgan fingerprint density at radius 1 is 1.26 bits per heavy atom. The number of amides is 1. The molecule has 5 heteroatoms. The summed E-state index contributed by atoms with van der Waals surface area (Å²) in [6.45, 7) is 1.92. The fourth-order valence-corrected chi connectivity index (χ4v) is 1.94. The van der Waals surface area contributed by atoms with Crippen LogP contribution in [0.3, 0.4) is 0 Å². The molecule has 2 aromatic rings. The first-order valence-corrected chi connectivity index (χ1v) is 6.32. The van der Waals surface area contributed by atoms with Crippen molar-refractivity contribution in [2.45, 2.75) is 6.92 Å². The summed E-state index contributed by atoms with van der Waals surface area (Å²) in [5, 5.41) is 12.1. The minimum absolute atomic E-state index is 0.100. The van der Waals surface area contributed by atoms with Crippen LogP contribution in [0.4, 0.5) is 10.1 Å². The third-order valence-electron chi connectivity index (χ3n) is 2.63. The Morgan fingerprint density at radius 2 is 2.00 bits per heavy atom. The molecular weight excluding hydrogens is 313 g/mol. The molecule has 0 saturated carbocycles. The second-order valence-corrected chi connectivity index (χ2v) is 4.93. The first-order chi connectivity index (χ1) is 8.97. The third kappa shape index (κ3) is 3.12. The summed E-state index contributed by atoms with van der Waals surface area (Å²) in [4.78, 5) is 11.9. The number of carbonyl (C=O) groups is 1. The minimum Gasteiger partial charge on any atom is -0.507 e. The topological polar surface area (TPSA) is 49.3 Å². The predicted octanol–water partition coefficient (Wildman–Crippen LogP) is 3.85. The zero-order valence-electron chi connectivity index (χ0n) is 10.1. The van der Waals surface area contributed by atoms with Crippen LogP contribution in [-0.2, 0) is 0 Å². The van der Waals surface area contributed by atoms with Crippen molar-refractivity contribution in [1.82, 2.24) is 0 Å². The van der Waals surface area contributed by atoms with Crippen molar-refractivity contribution in [2.24, 2.45) is 0 Å². The van der Waals surface area contributed by atoms with Crippen LogP contribution < -0.4 is 5.32 Å². The van der Waals surface area contributed by atoms with E-state index in [1.165, 1.54) is 0 Å². The third-order valence-corrected chi connectivity index (χ3v) is 3.49. The maximum atomic E-state index is 13.1. The van der Waals surface area contributed by atoms with Gasteiger partial charge in [0, 0.05) is 10.2 Å². The van der Waals surface area contributed by atoms with Crippen molar-refractivity contribution >= 4 is 27.5 Å². The number of hydrogen-bond acceptors (Lipinski definition) is 2. The number of phenols is 1. The van der Waals surface area contributed by atoms with Crippen LogP contribution in [0, 0.1) is 12.7 Å². The van der Waals surface area contributed by atoms with E-state index in [2.05, 4.69) is 21.2 Å². The zero-order chi connectivity index (χ0) is 14.0. The lowest BCUT2D eigenvalue weighted by Crippen LogP contribution is -2.12. The van der Waals surface area contributed by atoms with E-state index in [-0.39, 0.29) is 11.3 Å². The monoisotopic (exact) mass is 323 g/mol. The molecule has 0 fully saturated rings. The van der Waals surface area contributed by atoms with Crippen molar-refractivity contribution in [3.63, 3.8) is 0 Å². The molecule has 0 radical (unpaired) electrons. The van der Waals surface area contributed by atoms with E-state index < -0.39 is 11.7 Å². The lowest BCUT2D eigenvalue weighted by atomic mass is 10.1. The molecule has 2 aromatic carbocycles. The number of hydrogen-bond donors (Lipinski definition) is 2. The Kier molecular flexibility index (Phi) is 3.85. The number of halogens is 2. The Bertz CT molecular complexity index is 643. The van der Waals surface area contributed by atoms with Gasteiger partial charge in [-0.15, -0.1) is 0 Å². The van der Waals surface area contributed by atoms with Crippen LogP contribution in [0.2, 0.25) is 0 Å². The van der Waals surface area contributed by atoms with E-state index in [1.54, 1.807) is 12.1 Å². The molecule has 2 N–H and O–H groups in total. The quantitative estimate of drug-likeness (QED) is 0.881. The average Bonchev–Trinajstić information content (AvgIpc) is 2.36. The first-order valence-electron chi connectivity index (χ1n) is 5.53. The van der Waals surface area contributed by atoms with Crippen molar-refractivity contribution in [1.29, 1.82) is 0 Å². The summed E-state index contributed by atoms with van der Waals surface area (Å²) in [7, 11) is 0. The number of nitrogens with one attached hydrogen (secondary N) is 1. The molecule has 0 aliphatic rings. The molecule has 0 aliphatic heterocycles. The molecule has 1 amide bonds.